The molecule has 4 rings (SSSR count). The number of aryl methyl sites for hydroxylation is 1. The molecule has 35 heavy (non-hydrogen) atoms. The Bertz CT molecular complexity index is 1470. The fraction of sp³-hybridized carbons (Fsp3) is 0.421. The summed E-state index contributed by atoms with van der Waals surface area (Å²) in [4.78, 5) is 2.58. The van der Waals surface area contributed by atoms with Crippen LogP contribution in [0.3, 0.4) is 0 Å². The van der Waals surface area contributed by atoms with Gasteiger partial charge in [-0.15, -0.1) is 0 Å². The van der Waals surface area contributed by atoms with Crippen LogP contribution in [0.1, 0.15) is 17.8 Å². The summed E-state index contributed by atoms with van der Waals surface area (Å²) >= 11 is 5.66. The molecule has 3 aromatic heterocycles. The third-order valence-corrected chi connectivity index (χ3v) is 9.86. The van der Waals surface area contributed by atoms with Gasteiger partial charge in [0.15, 0.2) is 21.8 Å². The van der Waals surface area contributed by atoms with Crippen LogP contribution in [-0.4, -0.2) is 56.5 Å². The van der Waals surface area contributed by atoms with Crippen LogP contribution in [0.2, 0.25) is 0 Å². The molecule has 0 N–H and O–H groups in total. The second kappa shape index (κ2) is 10.7. The number of hydrogen-bond donors (Lipinski definition) is 0. The van der Waals surface area contributed by atoms with E-state index in [9.17, 15) is 25.9 Å². The lowest BCUT2D eigenvalue weighted by Gasteiger charge is -2.19. The summed E-state index contributed by atoms with van der Waals surface area (Å²) < 4.78 is 80.3. The van der Waals surface area contributed by atoms with Crippen LogP contribution in [0.25, 0.3) is 16.5 Å². The summed E-state index contributed by atoms with van der Waals surface area (Å²) in [7, 11) is -8.67. The Balaban J connectivity index is 1.68. The van der Waals surface area contributed by atoms with E-state index in [1.807, 2.05) is 40.2 Å². The van der Waals surface area contributed by atoms with Gasteiger partial charge in [-0.3, -0.25) is 0 Å². The number of thiazole rings is 1. The zero-order valence-electron chi connectivity index (χ0n) is 18.6. The molecule has 0 aliphatic carbocycles. The Morgan fingerprint density at radius 1 is 1.03 bits per heavy atom. The summed E-state index contributed by atoms with van der Waals surface area (Å²) in [5.74, 6) is -0.950. The van der Waals surface area contributed by atoms with Gasteiger partial charge in [-0.05, 0) is 42.0 Å². The van der Waals surface area contributed by atoms with Crippen molar-refractivity contribution in [2.75, 3.05) is 35.5 Å². The first kappa shape index (κ1) is 26.9. The van der Waals surface area contributed by atoms with E-state index in [4.69, 9.17) is 8.83 Å². The van der Waals surface area contributed by atoms with E-state index < -0.39 is 31.7 Å². The van der Waals surface area contributed by atoms with E-state index in [2.05, 4.69) is 0 Å². The largest absolute Gasteiger partial charge is 0.748 e. The van der Waals surface area contributed by atoms with Crippen molar-refractivity contribution >= 4 is 89.0 Å². The third kappa shape index (κ3) is 6.60. The van der Waals surface area contributed by atoms with E-state index in [1.165, 1.54) is 46.6 Å². The first-order valence-electron chi connectivity index (χ1n) is 10.2. The van der Waals surface area contributed by atoms with Gasteiger partial charge in [-0.25, -0.2) is 16.8 Å². The van der Waals surface area contributed by atoms with Crippen molar-refractivity contribution in [1.82, 2.24) is 0 Å². The van der Waals surface area contributed by atoms with Gasteiger partial charge >= 0.3 is 0 Å². The molecule has 4 heterocycles. The summed E-state index contributed by atoms with van der Waals surface area (Å²) in [6.07, 6.45) is 5.97. The fourth-order valence-electron chi connectivity index (χ4n) is 3.53. The number of rotatable bonds is 11. The molecule has 0 bridgehead atoms. The quantitative estimate of drug-likeness (QED) is 0.181. The molecule has 3 aromatic rings. The van der Waals surface area contributed by atoms with Crippen molar-refractivity contribution in [1.29, 1.82) is 0 Å². The number of nitrogens with zero attached hydrogens (tertiary/aromatic N) is 2. The molecule has 0 amide bonds. The van der Waals surface area contributed by atoms with Crippen molar-refractivity contribution < 1.29 is 39.3 Å². The Morgan fingerprint density at radius 3 is 2.34 bits per heavy atom. The van der Waals surface area contributed by atoms with Crippen LogP contribution in [0, 0.1) is 0 Å². The minimum atomic E-state index is -4.34. The molecule has 0 unspecified atom stereocenters. The molecule has 0 aromatic carbocycles. The molecule has 10 nitrogen and oxygen atoms in total. The Labute approximate surface area is 219 Å². The van der Waals surface area contributed by atoms with Crippen LogP contribution in [0.4, 0.5) is 5.69 Å². The molecule has 0 radical (unpaired) electrons. The normalized spacial score (nSPS) is 15.5. The highest BCUT2D eigenvalue weighted by molar-refractivity contribution is 8.03. The number of aromatic nitrogens is 1. The average Bonchev–Trinajstić information content (AvgIpc) is 3.48. The summed E-state index contributed by atoms with van der Waals surface area (Å²) in [5.41, 5.74) is 1.59. The molecule has 1 aliphatic heterocycles. The standard InChI is InChI=1S/C19H22N2O8S6/c1-30-16-9-12-18(28-16)32-14(20(12)5-3-7-34(22,23)24)11-15-21(6-4-8-35(25,26)27)13-10-17(31-2)29-19(13)33-15/h9-11H,3-8H2,1-2H3,(H-,22,23,24,25,26,27)/p-1. The highest BCUT2D eigenvalue weighted by atomic mass is 32.2. The van der Waals surface area contributed by atoms with Gasteiger partial charge in [0.05, 0.1) is 43.1 Å². The number of hydrogen-bond acceptors (Lipinski definition) is 13. The number of thioether (sulfide) groups is 3. The molecular weight excluding hydrogens is 577 g/mol. The average molecular weight is 598 g/mol. The van der Waals surface area contributed by atoms with E-state index in [0.29, 0.717) is 23.1 Å². The van der Waals surface area contributed by atoms with Crippen LogP contribution >= 0.6 is 46.6 Å². The monoisotopic (exact) mass is 597 g/mol. The van der Waals surface area contributed by atoms with Gasteiger partial charge in [0.25, 0.3) is 15.4 Å². The second-order valence-corrected chi connectivity index (χ2v) is 14.1. The summed E-state index contributed by atoms with van der Waals surface area (Å²) in [6, 6.07) is 3.75. The van der Waals surface area contributed by atoms with E-state index in [-0.39, 0.29) is 12.8 Å². The topological polar surface area (TPSA) is 148 Å². The lowest BCUT2D eigenvalue weighted by molar-refractivity contribution is -0.668. The molecule has 0 fully saturated rings. The third-order valence-electron chi connectivity index (χ3n) is 5.02. The maximum Gasteiger partial charge on any atom is 0.268 e. The van der Waals surface area contributed by atoms with Gasteiger partial charge in [0.2, 0.25) is 0 Å². The molecular formula is C19H21N2O8S6-. The summed E-state index contributed by atoms with van der Waals surface area (Å²) in [5, 5.41) is 3.65. The van der Waals surface area contributed by atoms with Crippen molar-refractivity contribution in [2.24, 2.45) is 0 Å². The lowest BCUT2D eigenvalue weighted by atomic mass is 10.3. The minimum Gasteiger partial charge on any atom is -0.748 e. The van der Waals surface area contributed by atoms with Crippen molar-refractivity contribution in [3.8, 4) is 0 Å². The number of furan rings is 2. The van der Waals surface area contributed by atoms with Gasteiger partial charge in [0.1, 0.15) is 0 Å². The van der Waals surface area contributed by atoms with Crippen LogP contribution < -0.4 is 9.47 Å². The Hall–Kier alpha value is -1.14. The number of fused-ring (bicyclic) bond motifs is 2. The van der Waals surface area contributed by atoms with Crippen molar-refractivity contribution in [3.63, 3.8) is 0 Å². The van der Waals surface area contributed by atoms with Crippen molar-refractivity contribution in [3.05, 3.63) is 22.2 Å². The maximum absolute atomic E-state index is 11.1. The van der Waals surface area contributed by atoms with Gasteiger partial charge in [-0.2, -0.15) is 4.57 Å². The summed E-state index contributed by atoms with van der Waals surface area (Å²) in [6.45, 7) is 0.598. The molecule has 0 spiro atoms. The minimum absolute atomic E-state index is 0.147. The molecule has 192 valence electrons. The fourth-order valence-corrected chi connectivity index (χ4v) is 7.60. The Morgan fingerprint density at radius 2 is 1.69 bits per heavy atom. The zero-order chi connectivity index (χ0) is 25.4. The van der Waals surface area contributed by atoms with E-state index >= 15 is 0 Å². The van der Waals surface area contributed by atoms with E-state index in [1.54, 1.807) is 0 Å². The molecule has 16 heteroatoms. The van der Waals surface area contributed by atoms with Gasteiger partial charge in [-0.1, -0.05) is 23.5 Å². The van der Waals surface area contributed by atoms with Crippen molar-refractivity contribution in [2.45, 2.75) is 34.7 Å². The molecule has 0 saturated heterocycles. The Kier molecular flexibility index (Phi) is 8.22. The second-order valence-electron chi connectivity index (χ2n) is 7.44. The first-order valence-corrected chi connectivity index (χ1v) is 17.4. The lowest BCUT2D eigenvalue weighted by Crippen LogP contribution is -2.36. The van der Waals surface area contributed by atoms with E-state index in [0.717, 1.165) is 31.4 Å². The highest BCUT2D eigenvalue weighted by Crippen LogP contribution is 2.50. The molecule has 1 aliphatic rings. The van der Waals surface area contributed by atoms with Gasteiger partial charge < -0.3 is 22.8 Å². The predicted octanol–water partition coefficient (Wildman–Crippen LogP) is 3.60. The first-order chi connectivity index (χ1) is 16.5. The molecule has 0 saturated carbocycles. The highest BCUT2D eigenvalue weighted by Gasteiger charge is 2.32. The van der Waals surface area contributed by atoms with Crippen LogP contribution in [-0.2, 0) is 26.8 Å². The predicted molar refractivity (Wildman–Crippen MR) is 136 cm³/mol. The number of anilines is 1. The zero-order valence-corrected chi connectivity index (χ0v) is 23.5. The molecule has 0 atom stereocenters. The maximum atomic E-state index is 11.1. The van der Waals surface area contributed by atoms with Crippen LogP contribution in [0.5, 0.6) is 0 Å². The smallest absolute Gasteiger partial charge is 0.268 e. The SMILES string of the molecule is CSc1cc2c(o1)SC(=Cc1sc3oc(SC)cc3[n+]1CCCS(=O)(=O)[O-])N2CCCS(=O)(=O)[O-]. The van der Waals surface area contributed by atoms with Gasteiger partial charge in [0, 0.05) is 30.5 Å². The van der Waals surface area contributed by atoms with Crippen LogP contribution in [0.15, 0.2) is 41.3 Å².